The molecule has 0 bridgehead atoms. The molecule has 248 valence electrons. The van der Waals surface area contributed by atoms with Crippen molar-refractivity contribution < 1.29 is 28.5 Å². The highest BCUT2D eigenvalue weighted by atomic mass is 16.6. The van der Waals surface area contributed by atoms with Gasteiger partial charge >= 0.3 is 6.09 Å². The second-order valence-electron chi connectivity index (χ2n) is 11.4. The SMILES string of the molecule is COc1ccc(N(C(=O)Oc2ccnc(Nc3ccc(OCC(CN4CCCCC4)OC)cc3)n2)c2c(C)cccc2C)c(OC)c1. The van der Waals surface area contributed by atoms with E-state index in [9.17, 15) is 4.79 Å². The molecule has 0 aliphatic carbocycles. The van der Waals surface area contributed by atoms with Crippen LogP contribution >= 0.6 is 0 Å². The number of para-hydroxylation sites is 1. The second-order valence-corrected chi connectivity index (χ2v) is 11.4. The van der Waals surface area contributed by atoms with Crippen molar-refractivity contribution in [1.29, 1.82) is 0 Å². The van der Waals surface area contributed by atoms with Crippen molar-refractivity contribution >= 4 is 29.1 Å². The smallest absolute Gasteiger partial charge is 0.425 e. The minimum absolute atomic E-state index is 0.00111. The van der Waals surface area contributed by atoms with Crippen LogP contribution in [0.1, 0.15) is 30.4 Å². The fourth-order valence-corrected chi connectivity index (χ4v) is 5.61. The van der Waals surface area contributed by atoms with Gasteiger partial charge in [-0.2, -0.15) is 4.98 Å². The summed E-state index contributed by atoms with van der Waals surface area (Å²) >= 11 is 0. The summed E-state index contributed by atoms with van der Waals surface area (Å²) in [7, 11) is 4.85. The molecule has 5 rings (SSSR count). The first-order valence-corrected chi connectivity index (χ1v) is 15.8. The summed E-state index contributed by atoms with van der Waals surface area (Å²) in [6.07, 6.45) is 4.65. The van der Waals surface area contributed by atoms with Crippen LogP contribution in [0.2, 0.25) is 0 Å². The Hall–Kier alpha value is -4.87. The molecule has 1 fully saturated rings. The minimum Gasteiger partial charge on any atom is -0.497 e. The molecule has 11 heteroatoms. The molecular weight excluding hydrogens is 598 g/mol. The average Bonchev–Trinajstić information content (AvgIpc) is 3.09. The average molecular weight is 642 g/mol. The molecule has 0 spiro atoms. The largest absolute Gasteiger partial charge is 0.497 e. The molecule has 11 nitrogen and oxygen atoms in total. The van der Waals surface area contributed by atoms with Crippen LogP contribution in [-0.4, -0.2) is 74.6 Å². The lowest BCUT2D eigenvalue weighted by Crippen LogP contribution is -2.39. The Kier molecular flexibility index (Phi) is 11.5. The number of aryl methyl sites for hydroxylation is 2. The molecule has 47 heavy (non-hydrogen) atoms. The van der Waals surface area contributed by atoms with Crippen molar-refractivity contribution in [2.45, 2.75) is 39.2 Å². The van der Waals surface area contributed by atoms with E-state index in [-0.39, 0.29) is 17.9 Å². The lowest BCUT2D eigenvalue weighted by molar-refractivity contribution is 0.0251. The number of benzene rings is 3. The van der Waals surface area contributed by atoms with Crippen molar-refractivity contribution in [2.75, 3.05) is 57.8 Å². The van der Waals surface area contributed by atoms with Crippen LogP contribution in [0.25, 0.3) is 0 Å². The maximum atomic E-state index is 13.9. The Labute approximate surface area is 276 Å². The lowest BCUT2D eigenvalue weighted by atomic mass is 10.1. The number of piperidine rings is 1. The normalized spacial score (nSPS) is 13.8. The highest BCUT2D eigenvalue weighted by Gasteiger charge is 2.27. The number of likely N-dealkylation sites (tertiary alicyclic amines) is 1. The van der Waals surface area contributed by atoms with Crippen LogP contribution in [0.4, 0.5) is 27.8 Å². The first-order valence-electron chi connectivity index (χ1n) is 15.8. The molecule has 1 saturated heterocycles. The van der Waals surface area contributed by atoms with E-state index in [2.05, 4.69) is 20.2 Å². The number of nitrogens with zero attached hydrogens (tertiary/aromatic N) is 4. The number of hydrogen-bond donors (Lipinski definition) is 1. The van der Waals surface area contributed by atoms with Crippen molar-refractivity contribution in [2.24, 2.45) is 0 Å². The van der Waals surface area contributed by atoms with Crippen LogP contribution < -0.4 is 29.2 Å². The molecule has 1 aliphatic rings. The Bertz CT molecular complexity index is 1610. The third kappa shape index (κ3) is 8.69. The maximum Gasteiger partial charge on any atom is 0.425 e. The number of nitrogens with one attached hydrogen (secondary N) is 1. The minimum atomic E-state index is -0.660. The van der Waals surface area contributed by atoms with Gasteiger partial charge in [0.25, 0.3) is 0 Å². The molecule has 2 heterocycles. The highest BCUT2D eigenvalue weighted by molar-refractivity contribution is 6.00. The van der Waals surface area contributed by atoms with Crippen molar-refractivity contribution in [3.63, 3.8) is 0 Å². The van der Waals surface area contributed by atoms with Gasteiger partial charge in [-0.25, -0.2) is 14.7 Å². The summed E-state index contributed by atoms with van der Waals surface area (Å²) in [5.41, 5.74) is 3.69. The molecule has 3 aromatic carbocycles. The summed E-state index contributed by atoms with van der Waals surface area (Å²) in [5, 5.41) is 3.17. The van der Waals surface area contributed by atoms with Crippen molar-refractivity contribution in [3.8, 4) is 23.1 Å². The van der Waals surface area contributed by atoms with E-state index in [1.165, 1.54) is 36.4 Å². The van der Waals surface area contributed by atoms with E-state index in [1.54, 1.807) is 39.5 Å². The number of carbonyl (C=O) groups is 1. The number of carbonyl (C=O) groups excluding carboxylic acids is 1. The molecule has 1 amide bonds. The summed E-state index contributed by atoms with van der Waals surface area (Å²) < 4.78 is 28.5. The Morgan fingerprint density at radius 1 is 0.915 bits per heavy atom. The molecule has 1 N–H and O–H groups in total. The van der Waals surface area contributed by atoms with Crippen LogP contribution in [-0.2, 0) is 4.74 Å². The fourth-order valence-electron chi connectivity index (χ4n) is 5.61. The van der Waals surface area contributed by atoms with E-state index in [0.717, 1.165) is 42.2 Å². The molecule has 1 unspecified atom stereocenters. The number of rotatable bonds is 13. The number of anilines is 4. The topological polar surface area (TPSA) is 108 Å². The third-order valence-corrected chi connectivity index (χ3v) is 8.09. The standard InChI is InChI=1S/C36H43N5O6/c1-25-10-9-11-26(2)34(25)41(31-17-16-29(43-3)22-32(31)45-5)36(42)47-33-18-19-37-35(39-33)38-27-12-14-28(15-13-27)46-24-30(44-4)23-40-20-7-6-8-21-40/h9-19,22,30H,6-8,20-21,23-24H2,1-5H3,(H,37,38,39). The monoisotopic (exact) mass is 641 g/mol. The predicted octanol–water partition coefficient (Wildman–Crippen LogP) is 7.07. The van der Waals surface area contributed by atoms with Crippen LogP contribution in [0, 0.1) is 13.8 Å². The van der Waals surface area contributed by atoms with Gasteiger partial charge in [-0.05, 0) is 87.3 Å². The quantitative estimate of drug-likeness (QED) is 0.163. The number of hydrogen-bond acceptors (Lipinski definition) is 10. The van der Waals surface area contributed by atoms with E-state index in [4.69, 9.17) is 23.7 Å². The van der Waals surface area contributed by atoms with Gasteiger partial charge in [0.2, 0.25) is 11.8 Å². The fraction of sp³-hybridized carbons (Fsp3) is 0.361. The molecule has 4 aromatic rings. The summed E-state index contributed by atoms with van der Waals surface area (Å²) in [4.78, 5) is 26.6. The Balaban J connectivity index is 1.27. The van der Waals surface area contributed by atoms with Gasteiger partial charge in [0.05, 0.1) is 25.6 Å². The van der Waals surface area contributed by atoms with Crippen LogP contribution in [0.5, 0.6) is 23.1 Å². The Morgan fingerprint density at radius 3 is 2.32 bits per heavy atom. The van der Waals surface area contributed by atoms with Gasteiger partial charge in [-0.15, -0.1) is 0 Å². The second kappa shape index (κ2) is 16.1. The predicted molar refractivity (Wildman–Crippen MR) is 182 cm³/mol. The maximum absolute atomic E-state index is 13.9. The number of ether oxygens (including phenoxy) is 5. The van der Waals surface area contributed by atoms with Crippen LogP contribution in [0.15, 0.2) is 72.9 Å². The number of amides is 1. The summed E-state index contributed by atoms with van der Waals surface area (Å²) in [5.74, 6) is 2.13. The molecular formula is C36H43N5O6. The highest BCUT2D eigenvalue weighted by Crippen LogP contribution is 2.39. The van der Waals surface area contributed by atoms with E-state index in [1.807, 2.05) is 56.3 Å². The molecule has 1 aliphatic heterocycles. The van der Waals surface area contributed by atoms with E-state index < -0.39 is 6.09 Å². The van der Waals surface area contributed by atoms with Crippen molar-refractivity contribution in [1.82, 2.24) is 14.9 Å². The first kappa shape index (κ1) is 33.5. The van der Waals surface area contributed by atoms with Gasteiger partial charge < -0.3 is 33.9 Å². The molecule has 1 atom stereocenters. The lowest BCUT2D eigenvalue weighted by Gasteiger charge is -2.29. The van der Waals surface area contributed by atoms with Gasteiger partial charge in [0, 0.05) is 37.7 Å². The summed E-state index contributed by atoms with van der Waals surface area (Å²) in [6.45, 7) is 7.44. The molecule has 1 aromatic heterocycles. The number of aromatic nitrogens is 2. The van der Waals surface area contributed by atoms with Gasteiger partial charge in [0.15, 0.2) is 0 Å². The zero-order valence-corrected chi connectivity index (χ0v) is 27.7. The first-order chi connectivity index (χ1) is 22.9. The molecule has 0 saturated carbocycles. The van der Waals surface area contributed by atoms with Gasteiger partial charge in [-0.3, -0.25) is 0 Å². The third-order valence-electron chi connectivity index (χ3n) is 8.09. The molecule has 0 radical (unpaired) electrons. The Morgan fingerprint density at radius 2 is 1.64 bits per heavy atom. The van der Waals surface area contributed by atoms with E-state index in [0.29, 0.717) is 29.5 Å². The van der Waals surface area contributed by atoms with Crippen LogP contribution in [0.3, 0.4) is 0 Å². The zero-order chi connectivity index (χ0) is 33.2. The number of methoxy groups -OCH3 is 3. The van der Waals surface area contributed by atoms with Gasteiger partial charge in [0.1, 0.15) is 30.0 Å². The van der Waals surface area contributed by atoms with Crippen molar-refractivity contribution in [3.05, 3.63) is 84.1 Å². The zero-order valence-electron chi connectivity index (χ0n) is 27.7. The van der Waals surface area contributed by atoms with Gasteiger partial charge in [-0.1, -0.05) is 24.6 Å². The van der Waals surface area contributed by atoms with E-state index >= 15 is 0 Å². The summed E-state index contributed by atoms with van der Waals surface area (Å²) in [6, 6.07) is 20.1.